The summed E-state index contributed by atoms with van der Waals surface area (Å²) in [6, 6.07) is 14.3. The van der Waals surface area contributed by atoms with Gasteiger partial charge in [0, 0.05) is 24.2 Å². The summed E-state index contributed by atoms with van der Waals surface area (Å²) in [7, 11) is 0. The molecule has 0 aliphatic carbocycles. The number of hydrogen-bond acceptors (Lipinski definition) is 4. The lowest BCUT2D eigenvalue weighted by Gasteiger charge is -2.27. The third-order valence-corrected chi connectivity index (χ3v) is 5.37. The van der Waals surface area contributed by atoms with Gasteiger partial charge in [-0.2, -0.15) is 0 Å². The normalized spacial score (nSPS) is 21.3. The molecule has 3 N–H and O–H groups in total. The first-order valence-electron chi connectivity index (χ1n) is 10.3. The van der Waals surface area contributed by atoms with Crippen molar-refractivity contribution >= 4 is 5.96 Å². The molecular weight excluding hydrogens is 366 g/mol. The number of nitrogens with zero attached hydrogens (tertiary/aromatic N) is 1. The Morgan fingerprint density at radius 3 is 2.97 bits per heavy atom. The zero-order chi connectivity index (χ0) is 20.1. The van der Waals surface area contributed by atoms with Gasteiger partial charge in [0.15, 0.2) is 5.96 Å². The molecule has 2 aromatic carbocycles. The molecule has 2 aliphatic rings. The minimum atomic E-state index is 0.108. The van der Waals surface area contributed by atoms with Gasteiger partial charge in [-0.3, -0.25) is 0 Å². The molecule has 1 saturated heterocycles. The quantitative estimate of drug-likeness (QED) is 0.578. The molecule has 0 amide bonds. The van der Waals surface area contributed by atoms with Gasteiger partial charge in [0.2, 0.25) is 0 Å². The molecule has 2 aromatic rings. The molecule has 29 heavy (non-hydrogen) atoms. The standard InChI is InChI=1S/C23H29N3O3/c1-16-8-9-17(22(13-16)29-15-18-5-4-11-27-18)14-25-23(24)26-20-10-12-28-21-7-3-2-6-19(20)21/h2-3,6-9,13,18,20H,4-5,10-12,14-15H2,1H3,(H3,24,25,26). The number of para-hydroxylation sites is 1. The fourth-order valence-electron chi connectivity index (χ4n) is 3.77. The van der Waals surface area contributed by atoms with Crippen LogP contribution in [0.25, 0.3) is 0 Å². The lowest BCUT2D eigenvalue weighted by atomic mass is 10.0. The van der Waals surface area contributed by atoms with E-state index in [1.165, 1.54) is 0 Å². The number of rotatable bonds is 6. The second kappa shape index (κ2) is 9.18. The van der Waals surface area contributed by atoms with Crippen LogP contribution in [0.1, 0.15) is 42.0 Å². The van der Waals surface area contributed by atoms with Crippen LogP contribution >= 0.6 is 0 Å². The Hall–Kier alpha value is -2.73. The molecule has 0 radical (unpaired) electrons. The third kappa shape index (κ3) is 5.01. The zero-order valence-electron chi connectivity index (χ0n) is 16.9. The fourth-order valence-corrected chi connectivity index (χ4v) is 3.77. The molecule has 0 aromatic heterocycles. The highest BCUT2D eigenvalue weighted by Crippen LogP contribution is 2.31. The van der Waals surface area contributed by atoms with Gasteiger partial charge in [-0.15, -0.1) is 0 Å². The van der Waals surface area contributed by atoms with Crippen molar-refractivity contribution in [1.82, 2.24) is 5.32 Å². The Bertz CT molecular complexity index is 862. The zero-order valence-corrected chi connectivity index (χ0v) is 16.9. The van der Waals surface area contributed by atoms with Crippen LogP contribution in [0.5, 0.6) is 11.5 Å². The largest absolute Gasteiger partial charge is 0.493 e. The lowest BCUT2D eigenvalue weighted by Crippen LogP contribution is -2.37. The Labute approximate surface area is 172 Å². The van der Waals surface area contributed by atoms with Gasteiger partial charge >= 0.3 is 0 Å². The average molecular weight is 396 g/mol. The van der Waals surface area contributed by atoms with Crippen LogP contribution in [0.3, 0.4) is 0 Å². The summed E-state index contributed by atoms with van der Waals surface area (Å²) < 4.78 is 17.4. The van der Waals surface area contributed by atoms with E-state index in [0.29, 0.717) is 25.7 Å². The third-order valence-electron chi connectivity index (χ3n) is 5.37. The summed E-state index contributed by atoms with van der Waals surface area (Å²) in [4.78, 5) is 4.56. The summed E-state index contributed by atoms with van der Waals surface area (Å²) >= 11 is 0. The second-order valence-electron chi connectivity index (χ2n) is 7.63. The Morgan fingerprint density at radius 2 is 2.10 bits per heavy atom. The summed E-state index contributed by atoms with van der Waals surface area (Å²) in [6.07, 6.45) is 3.21. The summed E-state index contributed by atoms with van der Waals surface area (Å²) in [5, 5.41) is 3.34. The van der Waals surface area contributed by atoms with Crippen LogP contribution in [0.2, 0.25) is 0 Å². The van der Waals surface area contributed by atoms with E-state index in [9.17, 15) is 0 Å². The molecule has 154 valence electrons. The van der Waals surface area contributed by atoms with Crippen molar-refractivity contribution in [2.24, 2.45) is 10.7 Å². The first-order valence-corrected chi connectivity index (χ1v) is 10.3. The predicted octanol–water partition coefficient (Wildman–Crippen LogP) is 3.48. The first kappa shape index (κ1) is 19.6. The fraction of sp³-hybridized carbons (Fsp3) is 0.435. The van der Waals surface area contributed by atoms with Crippen molar-refractivity contribution in [2.75, 3.05) is 19.8 Å². The van der Waals surface area contributed by atoms with E-state index in [1.54, 1.807) is 0 Å². The molecule has 2 aliphatic heterocycles. The van der Waals surface area contributed by atoms with Crippen LogP contribution in [-0.4, -0.2) is 31.9 Å². The molecule has 1 fully saturated rings. The molecule has 0 bridgehead atoms. The topological polar surface area (TPSA) is 78.1 Å². The molecular formula is C23H29N3O3. The smallest absolute Gasteiger partial charge is 0.189 e. The summed E-state index contributed by atoms with van der Waals surface area (Å²) in [6.45, 7) is 4.60. The molecule has 0 spiro atoms. The first-order chi connectivity index (χ1) is 14.2. The van der Waals surface area contributed by atoms with E-state index in [4.69, 9.17) is 19.9 Å². The molecule has 2 heterocycles. The van der Waals surface area contributed by atoms with Crippen molar-refractivity contribution in [1.29, 1.82) is 0 Å². The van der Waals surface area contributed by atoms with E-state index in [2.05, 4.69) is 41.5 Å². The van der Waals surface area contributed by atoms with Crippen molar-refractivity contribution in [3.8, 4) is 11.5 Å². The lowest BCUT2D eigenvalue weighted by molar-refractivity contribution is 0.0676. The summed E-state index contributed by atoms with van der Waals surface area (Å²) in [5.41, 5.74) is 9.50. The highest BCUT2D eigenvalue weighted by molar-refractivity contribution is 5.78. The van der Waals surface area contributed by atoms with Crippen LogP contribution in [0.4, 0.5) is 0 Å². The number of hydrogen-bond donors (Lipinski definition) is 2. The van der Waals surface area contributed by atoms with Gasteiger partial charge in [-0.1, -0.05) is 30.3 Å². The second-order valence-corrected chi connectivity index (χ2v) is 7.63. The highest BCUT2D eigenvalue weighted by Gasteiger charge is 2.21. The monoisotopic (exact) mass is 395 g/mol. The van der Waals surface area contributed by atoms with Crippen LogP contribution in [-0.2, 0) is 11.3 Å². The Balaban J connectivity index is 1.40. The molecule has 2 unspecified atom stereocenters. The van der Waals surface area contributed by atoms with Crippen molar-refractivity contribution in [3.05, 3.63) is 59.2 Å². The van der Waals surface area contributed by atoms with Crippen molar-refractivity contribution in [3.63, 3.8) is 0 Å². The highest BCUT2D eigenvalue weighted by atomic mass is 16.5. The number of guanidine groups is 1. The maximum absolute atomic E-state index is 6.20. The number of nitrogens with two attached hydrogens (primary N) is 1. The van der Waals surface area contributed by atoms with Crippen molar-refractivity contribution < 1.29 is 14.2 Å². The van der Waals surface area contributed by atoms with E-state index in [-0.39, 0.29) is 12.1 Å². The molecule has 4 rings (SSSR count). The van der Waals surface area contributed by atoms with E-state index in [0.717, 1.165) is 54.1 Å². The van der Waals surface area contributed by atoms with Gasteiger partial charge in [-0.05, 0) is 37.5 Å². The minimum absolute atomic E-state index is 0.108. The number of benzene rings is 2. The SMILES string of the molecule is Cc1ccc(CN=C(N)NC2CCOc3ccccc32)c(OCC2CCCO2)c1. The maximum atomic E-state index is 6.20. The predicted molar refractivity (Wildman–Crippen MR) is 113 cm³/mol. The van der Waals surface area contributed by atoms with E-state index < -0.39 is 0 Å². The number of fused-ring (bicyclic) bond motifs is 1. The van der Waals surface area contributed by atoms with Gasteiger partial charge in [0.1, 0.15) is 18.1 Å². The summed E-state index contributed by atoms with van der Waals surface area (Å²) in [5.74, 6) is 2.19. The molecule has 6 heteroatoms. The minimum Gasteiger partial charge on any atom is -0.493 e. The van der Waals surface area contributed by atoms with Gasteiger partial charge in [0.05, 0.1) is 25.3 Å². The van der Waals surface area contributed by atoms with Gasteiger partial charge in [-0.25, -0.2) is 4.99 Å². The van der Waals surface area contributed by atoms with Gasteiger partial charge < -0.3 is 25.3 Å². The van der Waals surface area contributed by atoms with Crippen LogP contribution in [0.15, 0.2) is 47.5 Å². The van der Waals surface area contributed by atoms with E-state index in [1.807, 2.05) is 18.2 Å². The number of aryl methyl sites for hydroxylation is 1. The molecule has 0 saturated carbocycles. The average Bonchev–Trinajstić information content (AvgIpc) is 3.25. The number of nitrogens with one attached hydrogen (secondary N) is 1. The maximum Gasteiger partial charge on any atom is 0.189 e. The Kier molecular flexibility index (Phi) is 6.20. The number of ether oxygens (including phenoxy) is 3. The van der Waals surface area contributed by atoms with Crippen LogP contribution in [0, 0.1) is 6.92 Å². The van der Waals surface area contributed by atoms with Crippen LogP contribution < -0.4 is 20.5 Å². The molecule has 2 atom stereocenters. The van der Waals surface area contributed by atoms with Crippen molar-refractivity contribution in [2.45, 2.75) is 44.9 Å². The molecule has 6 nitrogen and oxygen atoms in total. The number of aliphatic imine (C=N–C) groups is 1. The van der Waals surface area contributed by atoms with E-state index >= 15 is 0 Å². The Morgan fingerprint density at radius 1 is 1.21 bits per heavy atom. The van der Waals surface area contributed by atoms with Gasteiger partial charge in [0.25, 0.3) is 0 Å².